The molecule has 0 aromatic heterocycles. The van der Waals surface area contributed by atoms with Gasteiger partial charge in [-0.3, -0.25) is 4.72 Å². The summed E-state index contributed by atoms with van der Waals surface area (Å²) in [6, 6.07) is 8.77. The number of anilines is 1. The summed E-state index contributed by atoms with van der Waals surface area (Å²) in [5.41, 5.74) is 1.86. The van der Waals surface area contributed by atoms with Gasteiger partial charge < -0.3 is 0 Å². The van der Waals surface area contributed by atoms with Crippen LogP contribution in [-0.2, 0) is 29.0 Å². The van der Waals surface area contributed by atoms with Gasteiger partial charge in [0.05, 0.1) is 10.5 Å². The summed E-state index contributed by atoms with van der Waals surface area (Å²) in [6.45, 7) is 0. The zero-order valence-electron chi connectivity index (χ0n) is 12.0. The molecule has 1 aliphatic rings. The van der Waals surface area contributed by atoms with Crippen LogP contribution in [0, 0.1) is 0 Å². The Morgan fingerprint density at radius 2 is 1.57 bits per heavy atom. The lowest BCUT2D eigenvalue weighted by molar-refractivity contribution is -0.137. The van der Waals surface area contributed by atoms with E-state index in [9.17, 15) is 21.6 Å². The second-order valence-electron chi connectivity index (χ2n) is 5.46. The molecule has 3 rings (SSSR count). The highest BCUT2D eigenvalue weighted by Crippen LogP contribution is 2.30. The van der Waals surface area contributed by atoms with Crippen molar-refractivity contribution in [1.82, 2.24) is 0 Å². The van der Waals surface area contributed by atoms with E-state index in [2.05, 4.69) is 4.72 Å². The second kappa shape index (κ2) is 5.56. The quantitative estimate of drug-likeness (QED) is 0.917. The highest BCUT2D eigenvalue weighted by molar-refractivity contribution is 7.92. The van der Waals surface area contributed by atoms with Crippen LogP contribution in [0.1, 0.15) is 23.1 Å². The fraction of sp³-hybridized carbons (Fsp3) is 0.250. The van der Waals surface area contributed by atoms with Crippen molar-refractivity contribution < 1.29 is 21.6 Å². The van der Waals surface area contributed by atoms with Crippen LogP contribution in [0.3, 0.4) is 0 Å². The number of hydrogen-bond donors (Lipinski definition) is 1. The number of fused-ring (bicyclic) bond motifs is 1. The van der Waals surface area contributed by atoms with Gasteiger partial charge in [-0.25, -0.2) is 8.42 Å². The van der Waals surface area contributed by atoms with Crippen molar-refractivity contribution in [3.05, 3.63) is 59.2 Å². The van der Waals surface area contributed by atoms with Crippen molar-refractivity contribution in [3.63, 3.8) is 0 Å². The molecule has 2 aromatic rings. The topological polar surface area (TPSA) is 46.2 Å². The van der Waals surface area contributed by atoms with Crippen LogP contribution in [0.4, 0.5) is 18.9 Å². The predicted molar refractivity (Wildman–Crippen MR) is 80.7 cm³/mol. The molecule has 0 radical (unpaired) electrons. The fourth-order valence-electron chi connectivity index (χ4n) is 2.67. The van der Waals surface area contributed by atoms with Crippen molar-refractivity contribution in [2.24, 2.45) is 0 Å². The summed E-state index contributed by atoms with van der Waals surface area (Å²) in [5.74, 6) is 0. The first-order valence-corrected chi connectivity index (χ1v) is 8.56. The minimum absolute atomic E-state index is 0.203. The molecular weight excluding hydrogens is 327 g/mol. The van der Waals surface area contributed by atoms with Crippen LogP contribution < -0.4 is 4.72 Å². The number of hydrogen-bond acceptors (Lipinski definition) is 2. The van der Waals surface area contributed by atoms with Crippen LogP contribution in [0.25, 0.3) is 0 Å². The summed E-state index contributed by atoms with van der Waals surface area (Å²) >= 11 is 0. The van der Waals surface area contributed by atoms with E-state index in [1.165, 1.54) is 5.56 Å². The van der Waals surface area contributed by atoms with Gasteiger partial charge in [0.25, 0.3) is 10.0 Å². The van der Waals surface area contributed by atoms with Gasteiger partial charge in [0.1, 0.15) is 0 Å². The molecule has 122 valence electrons. The summed E-state index contributed by atoms with van der Waals surface area (Å²) in [5, 5.41) is 0. The molecule has 23 heavy (non-hydrogen) atoms. The molecule has 0 atom stereocenters. The van der Waals surface area contributed by atoms with E-state index >= 15 is 0 Å². The molecule has 0 aliphatic heterocycles. The van der Waals surface area contributed by atoms with E-state index < -0.39 is 21.8 Å². The minimum Gasteiger partial charge on any atom is -0.280 e. The van der Waals surface area contributed by atoms with Crippen LogP contribution in [0.5, 0.6) is 0 Å². The van der Waals surface area contributed by atoms with Gasteiger partial charge in [-0.05, 0) is 66.8 Å². The lowest BCUT2D eigenvalue weighted by atomic mass is 10.1. The van der Waals surface area contributed by atoms with Crippen molar-refractivity contribution in [1.29, 1.82) is 0 Å². The summed E-state index contributed by atoms with van der Waals surface area (Å²) in [6.07, 6.45) is -1.55. The third kappa shape index (κ3) is 3.34. The highest BCUT2D eigenvalue weighted by Gasteiger charge is 2.30. The lowest BCUT2D eigenvalue weighted by Crippen LogP contribution is -2.14. The van der Waals surface area contributed by atoms with Gasteiger partial charge >= 0.3 is 6.18 Å². The average Bonchev–Trinajstić information content (AvgIpc) is 2.93. The molecule has 1 aliphatic carbocycles. The number of nitrogens with one attached hydrogen (secondary N) is 1. The van der Waals surface area contributed by atoms with Crippen LogP contribution >= 0.6 is 0 Å². The predicted octanol–water partition coefficient (Wildman–Crippen LogP) is 3.99. The molecule has 0 saturated heterocycles. The Kier molecular flexibility index (Phi) is 3.83. The SMILES string of the molecule is O=S(=O)(Nc1ccc2c(c1)CCC2)c1ccc(C(F)(F)F)cc1. The Morgan fingerprint density at radius 1 is 0.913 bits per heavy atom. The third-order valence-electron chi connectivity index (χ3n) is 3.84. The smallest absolute Gasteiger partial charge is 0.280 e. The molecule has 0 bridgehead atoms. The second-order valence-corrected chi connectivity index (χ2v) is 7.15. The number of halogens is 3. The third-order valence-corrected chi connectivity index (χ3v) is 5.24. The summed E-state index contributed by atoms with van der Waals surface area (Å²) in [7, 11) is -3.91. The highest BCUT2D eigenvalue weighted by atomic mass is 32.2. The van der Waals surface area contributed by atoms with Gasteiger partial charge in [0.2, 0.25) is 0 Å². The fourth-order valence-corrected chi connectivity index (χ4v) is 3.72. The van der Waals surface area contributed by atoms with Gasteiger partial charge in [0, 0.05) is 5.69 Å². The summed E-state index contributed by atoms with van der Waals surface area (Å²) in [4.78, 5) is -0.203. The molecule has 3 nitrogen and oxygen atoms in total. The van der Waals surface area contributed by atoms with Crippen LogP contribution in [0.2, 0.25) is 0 Å². The molecule has 2 aromatic carbocycles. The average molecular weight is 341 g/mol. The Labute approximate surface area is 132 Å². The first-order valence-electron chi connectivity index (χ1n) is 7.08. The minimum atomic E-state index is -4.49. The summed E-state index contributed by atoms with van der Waals surface area (Å²) < 4.78 is 64.5. The van der Waals surface area contributed by atoms with E-state index in [1.807, 2.05) is 6.07 Å². The number of benzene rings is 2. The normalized spacial score (nSPS) is 14.6. The zero-order chi connectivity index (χ0) is 16.7. The first kappa shape index (κ1) is 15.9. The molecule has 0 spiro atoms. The number of rotatable bonds is 3. The maximum atomic E-state index is 12.5. The van der Waals surface area contributed by atoms with Gasteiger partial charge in [-0.1, -0.05) is 6.07 Å². The number of aryl methyl sites for hydroxylation is 2. The van der Waals surface area contributed by atoms with E-state index in [0.717, 1.165) is 49.1 Å². The molecule has 0 fully saturated rings. The van der Waals surface area contributed by atoms with Gasteiger partial charge in [-0.2, -0.15) is 13.2 Å². The van der Waals surface area contributed by atoms with E-state index in [0.29, 0.717) is 5.69 Å². The molecule has 7 heteroatoms. The molecular formula is C16H14F3NO2S. The molecule has 1 N–H and O–H groups in total. The standard InChI is InChI=1S/C16H14F3NO2S/c17-16(18,19)13-5-8-15(9-6-13)23(21,22)20-14-7-4-11-2-1-3-12(11)10-14/h4-10,20H,1-3H2. The number of alkyl halides is 3. The van der Waals surface area contributed by atoms with Crippen LogP contribution in [0.15, 0.2) is 47.4 Å². The van der Waals surface area contributed by atoms with E-state index in [-0.39, 0.29) is 4.90 Å². The first-order chi connectivity index (χ1) is 10.8. The van der Waals surface area contributed by atoms with E-state index in [1.54, 1.807) is 12.1 Å². The Hall–Kier alpha value is -2.02. The molecule has 0 heterocycles. The Bertz CT molecular complexity index is 827. The number of sulfonamides is 1. The van der Waals surface area contributed by atoms with Gasteiger partial charge in [-0.15, -0.1) is 0 Å². The van der Waals surface area contributed by atoms with Crippen molar-refractivity contribution >= 4 is 15.7 Å². The Morgan fingerprint density at radius 3 is 2.22 bits per heavy atom. The van der Waals surface area contributed by atoms with Crippen molar-refractivity contribution in [3.8, 4) is 0 Å². The monoisotopic (exact) mass is 341 g/mol. The molecule has 0 saturated carbocycles. The largest absolute Gasteiger partial charge is 0.416 e. The Balaban J connectivity index is 1.84. The zero-order valence-corrected chi connectivity index (χ0v) is 12.8. The van der Waals surface area contributed by atoms with Crippen molar-refractivity contribution in [2.75, 3.05) is 4.72 Å². The molecule has 0 amide bonds. The maximum Gasteiger partial charge on any atom is 0.416 e. The van der Waals surface area contributed by atoms with Crippen molar-refractivity contribution in [2.45, 2.75) is 30.3 Å². The van der Waals surface area contributed by atoms with Gasteiger partial charge in [0.15, 0.2) is 0 Å². The lowest BCUT2D eigenvalue weighted by Gasteiger charge is -2.11. The maximum absolute atomic E-state index is 12.5. The molecule has 0 unspecified atom stereocenters. The van der Waals surface area contributed by atoms with Crippen LogP contribution in [-0.4, -0.2) is 8.42 Å². The van der Waals surface area contributed by atoms with E-state index in [4.69, 9.17) is 0 Å².